The Morgan fingerprint density at radius 1 is 0.690 bits per heavy atom. The minimum absolute atomic E-state index is 0.141. The summed E-state index contributed by atoms with van der Waals surface area (Å²) in [6.45, 7) is 12.9. The van der Waals surface area contributed by atoms with E-state index in [4.69, 9.17) is 9.47 Å². The van der Waals surface area contributed by atoms with Gasteiger partial charge in [-0.1, -0.05) is 0 Å². The summed E-state index contributed by atoms with van der Waals surface area (Å²) >= 11 is 0. The van der Waals surface area contributed by atoms with E-state index in [0.717, 1.165) is 52.4 Å². The van der Waals surface area contributed by atoms with Crippen LogP contribution < -0.4 is 37.2 Å². The summed E-state index contributed by atoms with van der Waals surface area (Å²) in [7, 11) is 0. The van der Waals surface area contributed by atoms with Gasteiger partial charge in [0.15, 0.2) is 11.6 Å². The van der Waals surface area contributed by atoms with Crippen LogP contribution in [-0.4, -0.2) is 136 Å². The number of hydrogen-bond donors (Lipinski definition) is 3. The van der Waals surface area contributed by atoms with Crippen LogP contribution in [0.15, 0.2) is 61.3 Å². The standard InChI is InChI=1S/2C19H23N7O3/c2*1-2-29-8-7-26-16-9-14(13-10-22-19(28)23-11-13)21-12-15(16)24-17(18(26)27)25-5-3-20-4-6-25/h9-12,20H,2-8H2,1H3,(H,22,23,28);9-13,20H,2-8H2,1H3. The van der Waals surface area contributed by atoms with E-state index >= 15 is 0 Å². The lowest BCUT2D eigenvalue weighted by Crippen LogP contribution is -2.46. The molecule has 8 heterocycles. The molecular weight excluding hydrogens is 749 g/mol. The molecule has 58 heavy (non-hydrogen) atoms. The highest BCUT2D eigenvalue weighted by Crippen LogP contribution is 2.22. The van der Waals surface area contributed by atoms with Crippen molar-refractivity contribution in [2.45, 2.75) is 32.9 Å². The number of H-pyrrole nitrogens is 1. The second-order valence-corrected chi connectivity index (χ2v) is 13.5. The van der Waals surface area contributed by atoms with E-state index < -0.39 is 11.7 Å². The van der Waals surface area contributed by atoms with Gasteiger partial charge in [0.2, 0.25) is 0 Å². The van der Waals surface area contributed by atoms with E-state index in [2.05, 4.69) is 50.5 Å². The van der Waals surface area contributed by atoms with Crippen LogP contribution in [0.2, 0.25) is 0 Å². The Hall–Kier alpha value is -6.09. The summed E-state index contributed by atoms with van der Waals surface area (Å²) in [5.74, 6) is 0.563. The highest BCUT2D eigenvalue weighted by atomic mass is 16.5. The van der Waals surface area contributed by atoms with Gasteiger partial charge in [0.1, 0.15) is 11.0 Å². The number of piperazine rings is 2. The molecule has 0 aromatic carbocycles. The van der Waals surface area contributed by atoms with Gasteiger partial charge in [0.25, 0.3) is 11.1 Å². The van der Waals surface area contributed by atoms with Crippen LogP contribution in [-0.2, 0) is 22.6 Å². The highest BCUT2D eigenvalue weighted by Gasteiger charge is 2.22. The lowest BCUT2D eigenvalue weighted by Gasteiger charge is -2.28. The third-order valence-corrected chi connectivity index (χ3v) is 9.81. The SMILES string of the molecule is CCOCCn1c(=O)c(N2CCNCC2)nc2cnc(-c3cnc(=O)[nH]c3)cc21.CCOCCn1c(=O)c(N2CCNCC2)nc2cnc(C3C=NC(=O)N=C3)cc21. The average molecular weight is 795 g/mol. The van der Waals surface area contributed by atoms with Crippen molar-refractivity contribution in [2.24, 2.45) is 9.98 Å². The van der Waals surface area contributed by atoms with E-state index in [1.165, 1.54) is 18.6 Å². The first-order valence-electron chi connectivity index (χ1n) is 19.4. The molecule has 0 unspecified atom stereocenters. The fourth-order valence-corrected chi connectivity index (χ4v) is 6.82. The Labute approximate surface area is 332 Å². The molecular formula is C38H46N14O6. The summed E-state index contributed by atoms with van der Waals surface area (Å²) in [6.07, 6.45) is 9.33. The number of anilines is 2. The molecule has 2 fully saturated rings. The number of urea groups is 1. The van der Waals surface area contributed by atoms with Crippen LogP contribution in [0.25, 0.3) is 33.3 Å². The third-order valence-electron chi connectivity index (χ3n) is 9.81. The first-order chi connectivity index (χ1) is 28.3. The third kappa shape index (κ3) is 9.20. The van der Waals surface area contributed by atoms with Crippen molar-refractivity contribution in [3.63, 3.8) is 0 Å². The van der Waals surface area contributed by atoms with Crippen LogP contribution in [0.5, 0.6) is 0 Å². The van der Waals surface area contributed by atoms with Gasteiger partial charge in [0.05, 0.1) is 53.9 Å². The number of nitrogens with zero attached hydrogens (tertiary/aromatic N) is 11. The summed E-state index contributed by atoms with van der Waals surface area (Å²) in [6, 6.07) is 3.08. The summed E-state index contributed by atoms with van der Waals surface area (Å²) < 4.78 is 14.4. The summed E-state index contributed by atoms with van der Waals surface area (Å²) in [4.78, 5) is 84.9. The maximum Gasteiger partial charge on any atom is 0.366 e. The maximum atomic E-state index is 13.3. The second-order valence-electron chi connectivity index (χ2n) is 13.5. The largest absolute Gasteiger partial charge is 0.380 e. The van der Waals surface area contributed by atoms with Gasteiger partial charge in [-0.25, -0.2) is 34.5 Å². The van der Waals surface area contributed by atoms with Crippen LogP contribution in [0, 0.1) is 0 Å². The predicted octanol–water partition coefficient (Wildman–Crippen LogP) is 0.584. The molecule has 8 rings (SSSR count). The zero-order valence-corrected chi connectivity index (χ0v) is 32.5. The number of carbonyl (C=O) groups excluding carboxylic acids is 1. The molecule has 20 heteroatoms. The number of rotatable bonds is 12. The van der Waals surface area contributed by atoms with Gasteiger partial charge >= 0.3 is 11.7 Å². The molecule has 3 aliphatic heterocycles. The molecule has 5 aromatic heterocycles. The molecule has 0 spiro atoms. The molecule has 0 radical (unpaired) electrons. The molecule has 2 amide bonds. The molecule has 2 saturated heterocycles. The van der Waals surface area contributed by atoms with Crippen molar-refractivity contribution >= 4 is 52.2 Å². The van der Waals surface area contributed by atoms with Crippen molar-refractivity contribution in [1.29, 1.82) is 0 Å². The smallest absolute Gasteiger partial charge is 0.366 e. The molecule has 3 N–H and O–H groups in total. The van der Waals surface area contributed by atoms with Crippen LogP contribution in [0.3, 0.4) is 0 Å². The number of hydrogen-bond acceptors (Lipinski definition) is 15. The van der Waals surface area contributed by atoms with Crippen molar-refractivity contribution in [3.8, 4) is 11.3 Å². The van der Waals surface area contributed by atoms with Crippen LogP contribution in [0.4, 0.5) is 16.4 Å². The number of ether oxygens (including phenoxy) is 2. The van der Waals surface area contributed by atoms with Crippen molar-refractivity contribution in [3.05, 3.63) is 73.8 Å². The quantitative estimate of drug-likeness (QED) is 0.147. The first-order valence-corrected chi connectivity index (χ1v) is 19.4. The molecule has 304 valence electrons. The van der Waals surface area contributed by atoms with Crippen LogP contribution in [0.1, 0.15) is 25.5 Å². The van der Waals surface area contributed by atoms with Gasteiger partial charge in [-0.05, 0) is 26.0 Å². The Morgan fingerprint density at radius 3 is 1.74 bits per heavy atom. The molecule has 0 bridgehead atoms. The van der Waals surface area contributed by atoms with Gasteiger partial charge < -0.3 is 44.0 Å². The molecule has 0 aliphatic carbocycles. The van der Waals surface area contributed by atoms with E-state index in [0.29, 0.717) is 90.2 Å². The Bertz CT molecular complexity index is 2450. The number of aromatic nitrogens is 8. The van der Waals surface area contributed by atoms with E-state index in [9.17, 15) is 19.2 Å². The Morgan fingerprint density at radius 2 is 1.22 bits per heavy atom. The maximum absolute atomic E-state index is 13.3. The normalized spacial score (nSPS) is 15.9. The van der Waals surface area contributed by atoms with Crippen molar-refractivity contribution in [2.75, 3.05) is 88.6 Å². The van der Waals surface area contributed by atoms with Gasteiger partial charge in [0, 0.05) is 109 Å². The molecule has 3 aliphatic rings. The van der Waals surface area contributed by atoms with Crippen LogP contribution >= 0.6 is 0 Å². The first kappa shape index (κ1) is 40.1. The van der Waals surface area contributed by atoms with Gasteiger partial charge in [-0.2, -0.15) is 0 Å². The summed E-state index contributed by atoms with van der Waals surface area (Å²) in [5, 5.41) is 6.57. The lowest BCUT2D eigenvalue weighted by atomic mass is 10.1. The number of amides is 2. The predicted molar refractivity (Wildman–Crippen MR) is 220 cm³/mol. The summed E-state index contributed by atoms with van der Waals surface area (Å²) in [5.41, 5.74) is 3.82. The zero-order valence-electron chi connectivity index (χ0n) is 32.5. The number of fused-ring (bicyclic) bond motifs is 2. The van der Waals surface area contributed by atoms with E-state index in [1.807, 2.05) is 29.7 Å². The number of carbonyl (C=O) groups is 1. The number of aliphatic imine (C=N–C) groups is 2. The lowest BCUT2D eigenvalue weighted by molar-refractivity contribution is 0.139. The molecule has 5 aromatic rings. The van der Waals surface area contributed by atoms with Crippen molar-refractivity contribution in [1.82, 2.24) is 49.7 Å². The zero-order chi connectivity index (χ0) is 40.4. The topological polar surface area (TPSA) is 232 Å². The van der Waals surface area contributed by atoms with E-state index in [1.54, 1.807) is 33.8 Å². The highest BCUT2D eigenvalue weighted by molar-refractivity contribution is 6.04. The minimum atomic E-state index is -0.530. The second kappa shape index (κ2) is 18.9. The average Bonchev–Trinajstić information content (AvgIpc) is 3.26. The fourth-order valence-electron chi connectivity index (χ4n) is 6.82. The van der Waals surface area contributed by atoms with Gasteiger partial charge in [-0.15, -0.1) is 0 Å². The monoisotopic (exact) mass is 794 g/mol. The molecule has 20 nitrogen and oxygen atoms in total. The number of aromatic amines is 1. The molecule has 0 atom stereocenters. The number of pyridine rings is 2. The Kier molecular flexibility index (Phi) is 13.1. The molecule has 0 saturated carbocycles. The Balaban J connectivity index is 0.000000177. The fraction of sp³-hybridized carbons (Fsp3) is 0.447. The van der Waals surface area contributed by atoms with E-state index in [-0.39, 0.29) is 17.0 Å². The van der Waals surface area contributed by atoms with Crippen molar-refractivity contribution < 1.29 is 14.3 Å². The number of nitrogens with one attached hydrogen (secondary N) is 3. The van der Waals surface area contributed by atoms with Gasteiger partial charge in [-0.3, -0.25) is 19.6 Å². The minimum Gasteiger partial charge on any atom is -0.380 e.